The Labute approximate surface area is 300 Å². The lowest BCUT2D eigenvalue weighted by Gasteiger charge is -2.25. The number of nitrogens with zero attached hydrogens (tertiary/aromatic N) is 1. The first-order chi connectivity index (χ1) is 23.6. The van der Waals surface area contributed by atoms with Gasteiger partial charge in [-0.25, -0.2) is 4.79 Å². The number of quaternary nitrogens is 1. The summed E-state index contributed by atoms with van der Waals surface area (Å²) in [6.45, 7) is 4.82. The Bertz CT molecular complexity index is 826. The predicted octanol–water partition coefficient (Wildman–Crippen LogP) is 9.55. The second kappa shape index (κ2) is 33.2. The standard InChI is InChI=1S/C40H75NO8/c1-6-8-10-12-14-16-17-18-19-20-21-23-25-27-29-31-38(43)49-36(35-48-40(39(44)45)46-33-32-41(3,4)5)34-47-37(42)30-28-26-24-22-15-13-11-9-7-2/h18-19,36,40H,6-17,20-35H2,1-5H3/p+1/b19-18-. The Balaban J connectivity index is 4.51. The summed E-state index contributed by atoms with van der Waals surface area (Å²) in [4.78, 5) is 36.8. The van der Waals surface area contributed by atoms with Gasteiger partial charge in [-0.3, -0.25) is 9.59 Å². The van der Waals surface area contributed by atoms with Crippen LogP contribution in [0.2, 0.25) is 0 Å². The summed E-state index contributed by atoms with van der Waals surface area (Å²) in [5.74, 6) is -2.02. The Morgan fingerprint density at radius 1 is 0.592 bits per heavy atom. The fourth-order valence-electron chi connectivity index (χ4n) is 5.36. The van der Waals surface area contributed by atoms with Crippen LogP contribution in [0.15, 0.2) is 12.2 Å². The number of esters is 2. The molecule has 2 atom stereocenters. The molecule has 0 aromatic heterocycles. The number of aliphatic carboxylic acids is 1. The minimum Gasteiger partial charge on any atom is -0.477 e. The second-order valence-electron chi connectivity index (χ2n) is 14.6. The number of likely N-dealkylation sites (N-methyl/N-ethyl adjacent to an activating group) is 1. The predicted molar refractivity (Wildman–Crippen MR) is 198 cm³/mol. The molecular formula is C40H76NO8+. The average molecular weight is 699 g/mol. The van der Waals surface area contributed by atoms with E-state index in [0.29, 0.717) is 23.9 Å². The van der Waals surface area contributed by atoms with Crippen molar-refractivity contribution in [1.82, 2.24) is 0 Å². The minimum atomic E-state index is -1.50. The quantitative estimate of drug-likeness (QED) is 0.0227. The van der Waals surface area contributed by atoms with E-state index in [1.807, 2.05) is 21.1 Å². The Kier molecular flexibility index (Phi) is 31.9. The van der Waals surface area contributed by atoms with Crippen molar-refractivity contribution < 1.29 is 42.9 Å². The first-order valence-electron chi connectivity index (χ1n) is 19.9. The van der Waals surface area contributed by atoms with Gasteiger partial charge in [0.25, 0.3) is 6.29 Å². The van der Waals surface area contributed by atoms with Gasteiger partial charge in [-0.2, -0.15) is 0 Å². The van der Waals surface area contributed by atoms with Crippen molar-refractivity contribution in [2.75, 3.05) is 47.5 Å². The van der Waals surface area contributed by atoms with Crippen molar-refractivity contribution in [1.29, 1.82) is 0 Å². The Hall–Kier alpha value is -1.97. The van der Waals surface area contributed by atoms with Gasteiger partial charge in [0.15, 0.2) is 6.10 Å². The van der Waals surface area contributed by atoms with Crippen molar-refractivity contribution in [3.8, 4) is 0 Å². The van der Waals surface area contributed by atoms with Crippen molar-refractivity contribution in [3.05, 3.63) is 12.2 Å². The van der Waals surface area contributed by atoms with Gasteiger partial charge in [0.05, 0.1) is 34.4 Å². The maximum atomic E-state index is 12.7. The molecule has 0 spiro atoms. The van der Waals surface area contributed by atoms with Gasteiger partial charge in [0, 0.05) is 12.8 Å². The molecule has 0 aliphatic heterocycles. The highest BCUT2D eigenvalue weighted by atomic mass is 16.7. The fourth-order valence-corrected chi connectivity index (χ4v) is 5.36. The fraction of sp³-hybridized carbons (Fsp3) is 0.875. The van der Waals surface area contributed by atoms with E-state index in [4.69, 9.17) is 18.9 Å². The third-order valence-electron chi connectivity index (χ3n) is 8.52. The first-order valence-corrected chi connectivity index (χ1v) is 19.9. The number of ether oxygens (including phenoxy) is 4. The van der Waals surface area contributed by atoms with Crippen molar-refractivity contribution in [2.45, 2.75) is 180 Å². The lowest BCUT2D eigenvalue weighted by Crippen LogP contribution is -2.40. The Morgan fingerprint density at radius 2 is 1.04 bits per heavy atom. The molecule has 0 radical (unpaired) electrons. The largest absolute Gasteiger partial charge is 0.477 e. The first kappa shape index (κ1) is 47.0. The summed E-state index contributed by atoms with van der Waals surface area (Å²) in [7, 11) is 5.94. The summed E-state index contributed by atoms with van der Waals surface area (Å²) in [5.41, 5.74) is 0. The molecule has 0 rings (SSSR count). The molecule has 0 saturated heterocycles. The van der Waals surface area contributed by atoms with Crippen LogP contribution < -0.4 is 0 Å². The molecule has 9 nitrogen and oxygen atoms in total. The van der Waals surface area contributed by atoms with Gasteiger partial charge in [0.2, 0.25) is 0 Å². The normalized spacial score (nSPS) is 13.1. The third-order valence-corrected chi connectivity index (χ3v) is 8.52. The van der Waals surface area contributed by atoms with E-state index >= 15 is 0 Å². The summed E-state index contributed by atoms with van der Waals surface area (Å²) in [6, 6.07) is 0. The number of carbonyl (C=O) groups is 3. The average Bonchev–Trinajstić information content (AvgIpc) is 3.05. The minimum absolute atomic E-state index is 0.181. The SMILES string of the molecule is CCCCCCCC/C=C\CCCCCCCC(=O)OC(COC(=O)CCCCCCCCCCC)COC(OCC[N+](C)(C)C)C(=O)O. The molecule has 0 aliphatic carbocycles. The molecule has 2 unspecified atom stereocenters. The molecular weight excluding hydrogens is 622 g/mol. The maximum absolute atomic E-state index is 12.7. The van der Waals surface area contributed by atoms with Crippen LogP contribution in [-0.2, 0) is 33.3 Å². The number of carbonyl (C=O) groups excluding carboxylic acids is 2. The topological polar surface area (TPSA) is 108 Å². The van der Waals surface area contributed by atoms with E-state index in [-0.39, 0.29) is 32.2 Å². The van der Waals surface area contributed by atoms with E-state index in [1.54, 1.807) is 0 Å². The molecule has 288 valence electrons. The van der Waals surface area contributed by atoms with E-state index in [9.17, 15) is 19.5 Å². The van der Waals surface area contributed by atoms with E-state index in [2.05, 4.69) is 26.0 Å². The van der Waals surface area contributed by atoms with Crippen LogP contribution in [0.3, 0.4) is 0 Å². The monoisotopic (exact) mass is 699 g/mol. The van der Waals surface area contributed by atoms with Crippen LogP contribution in [0.25, 0.3) is 0 Å². The Morgan fingerprint density at radius 3 is 1.51 bits per heavy atom. The molecule has 1 N–H and O–H groups in total. The molecule has 9 heteroatoms. The van der Waals surface area contributed by atoms with Crippen LogP contribution in [0.5, 0.6) is 0 Å². The van der Waals surface area contributed by atoms with Crippen molar-refractivity contribution >= 4 is 17.9 Å². The highest BCUT2D eigenvalue weighted by Gasteiger charge is 2.25. The van der Waals surface area contributed by atoms with Gasteiger partial charge < -0.3 is 28.5 Å². The molecule has 0 amide bonds. The lowest BCUT2D eigenvalue weighted by molar-refractivity contribution is -0.870. The van der Waals surface area contributed by atoms with Crippen LogP contribution >= 0.6 is 0 Å². The van der Waals surface area contributed by atoms with Crippen molar-refractivity contribution in [2.24, 2.45) is 0 Å². The van der Waals surface area contributed by atoms with Gasteiger partial charge in [-0.1, -0.05) is 129 Å². The zero-order chi connectivity index (χ0) is 36.4. The molecule has 0 aliphatic rings. The van der Waals surface area contributed by atoms with Gasteiger partial charge in [0.1, 0.15) is 13.2 Å². The molecule has 49 heavy (non-hydrogen) atoms. The molecule has 0 heterocycles. The van der Waals surface area contributed by atoms with Gasteiger partial charge in [-0.05, 0) is 38.5 Å². The lowest BCUT2D eigenvalue weighted by atomic mass is 10.1. The number of rotatable bonds is 36. The van der Waals surface area contributed by atoms with E-state index in [1.165, 1.54) is 83.5 Å². The number of hydrogen-bond acceptors (Lipinski definition) is 7. The van der Waals surface area contributed by atoms with Gasteiger partial charge in [-0.15, -0.1) is 0 Å². The van der Waals surface area contributed by atoms with Crippen LogP contribution in [0.4, 0.5) is 0 Å². The molecule has 0 saturated carbocycles. The molecule has 0 aromatic carbocycles. The van der Waals surface area contributed by atoms with Crippen LogP contribution in [-0.4, -0.2) is 87.4 Å². The third kappa shape index (κ3) is 34.3. The van der Waals surface area contributed by atoms with E-state index < -0.39 is 24.3 Å². The summed E-state index contributed by atoms with van der Waals surface area (Å²) >= 11 is 0. The summed E-state index contributed by atoms with van der Waals surface area (Å²) < 4.78 is 22.6. The zero-order valence-electron chi connectivity index (χ0n) is 32.4. The molecule has 0 aromatic rings. The number of carboxylic acids is 1. The highest BCUT2D eigenvalue weighted by Crippen LogP contribution is 2.13. The summed E-state index contributed by atoms with van der Waals surface area (Å²) in [5, 5.41) is 9.58. The second-order valence-corrected chi connectivity index (χ2v) is 14.6. The maximum Gasteiger partial charge on any atom is 0.361 e. The number of carboxylic acid groups (broad SMARTS) is 1. The number of hydrogen-bond donors (Lipinski definition) is 1. The highest BCUT2D eigenvalue weighted by molar-refractivity contribution is 5.71. The smallest absolute Gasteiger partial charge is 0.361 e. The van der Waals surface area contributed by atoms with Crippen molar-refractivity contribution in [3.63, 3.8) is 0 Å². The van der Waals surface area contributed by atoms with Crippen LogP contribution in [0.1, 0.15) is 168 Å². The number of allylic oxidation sites excluding steroid dienone is 2. The molecule has 0 bridgehead atoms. The summed E-state index contributed by atoms with van der Waals surface area (Å²) in [6.07, 6.45) is 28.4. The van der Waals surface area contributed by atoms with E-state index in [0.717, 1.165) is 51.4 Å². The zero-order valence-corrected chi connectivity index (χ0v) is 32.4. The number of unbranched alkanes of at least 4 members (excludes halogenated alkanes) is 19. The molecule has 0 fully saturated rings. The van der Waals surface area contributed by atoms with Crippen LogP contribution in [0, 0.1) is 0 Å². The van der Waals surface area contributed by atoms with Gasteiger partial charge >= 0.3 is 17.9 Å².